The van der Waals surface area contributed by atoms with E-state index in [9.17, 15) is 4.79 Å². The highest BCUT2D eigenvalue weighted by Crippen LogP contribution is 2.28. The molecule has 0 amide bonds. The third-order valence-corrected chi connectivity index (χ3v) is 3.53. The van der Waals surface area contributed by atoms with E-state index in [2.05, 4.69) is 17.4 Å². The van der Waals surface area contributed by atoms with Crippen LogP contribution in [0.15, 0.2) is 48.5 Å². The molecule has 0 fully saturated rings. The van der Waals surface area contributed by atoms with Gasteiger partial charge < -0.3 is 20.1 Å². The minimum Gasteiger partial charge on any atom is -0.495 e. The Morgan fingerprint density at radius 3 is 2.48 bits per heavy atom. The number of ether oxygens (including phenoxy) is 1. The first-order chi connectivity index (χ1) is 11.1. The molecule has 23 heavy (non-hydrogen) atoms. The van der Waals surface area contributed by atoms with Gasteiger partial charge in [-0.2, -0.15) is 0 Å². The van der Waals surface area contributed by atoms with Crippen molar-refractivity contribution >= 4 is 11.7 Å². The molecule has 0 saturated carbocycles. The molecule has 5 nitrogen and oxygen atoms in total. The maximum absolute atomic E-state index is 10.8. The lowest BCUT2D eigenvalue weighted by molar-refractivity contribution is -0.135. The Kier molecular flexibility index (Phi) is 6.00. The predicted octanol–water partition coefficient (Wildman–Crippen LogP) is 2.51. The summed E-state index contributed by atoms with van der Waals surface area (Å²) in [6.07, 6.45) is 0. The maximum atomic E-state index is 10.8. The van der Waals surface area contributed by atoms with Gasteiger partial charge in [-0.1, -0.05) is 36.4 Å². The molecular formula is C18H22N2O3. The standard InChI is InChI=1S/C18H22N2O3/c1-20(13-18(21)22)16-9-8-15(10-17(16)23-2)12-19-11-14-6-4-3-5-7-14/h3-10,19H,11-13H2,1-2H3,(H,21,22). The van der Waals surface area contributed by atoms with Crippen molar-refractivity contribution in [1.29, 1.82) is 0 Å². The quantitative estimate of drug-likeness (QED) is 0.784. The number of hydrogen-bond acceptors (Lipinski definition) is 4. The molecule has 0 atom stereocenters. The van der Waals surface area contributed by atoms with E-state index in [1.165, 1.54) is 5.56 Å². The van der Waals surface area contributed by atoms with Gasteiger partial charge in [-0.3, -0.25) is 4.79 Å². The van der Waals surface area contributed by atoms with E-state index >= 15 is 0 Å². The Hall–Kier alpha value is -2.53. The smallest absolute Gasteiger partial charge is 0.323 e. The molecule has 2 N–H and O–H groups in total. The Morgan fingerprint density at radius 1 is 1.13 bits per heavy atom. The summed E-state index contributed by atoms with van der Waals surface area (Å²) >= 11 is 0. The first-order valence-corrected chi connectivity index (χ1v) is 7.44. The molecule has 122 valence electrons. The summed E-state index contributed by atoms with van der Waals surface area (Å²) in [4.78, 5) is 12.5. The highest BCUT2D eigenvalue weighted by atomic mass is 16.5. The molecule has 0 aliphatic heterocycles. The number of methoxy groups -OCH3 is 1. The first-order valence-electron chi connectivity index (χ1n) is 7.44. The highest BCUT2D eigenvalue weighted by molar-refractivity contribution is 5.75. The molecule has 0 unspecified atom stereocenters. The third kappa shape index (κ3) is 5.00. The second-order valence-electron chi connectivity index (χ2n) is 5.35. The highest BCUT2D eigenvalue weighted by Gasteiger charge is 2.11. The summed E-state index contributed by atoms with van der Waals surface area (Å²) in [6.45, 7) is 1.44. The van der Waals surface area contributed by atoms with E-state index in [1.807, 2.05) is 36.4 Å². The Bertz CT molecular complexity index is 644. The summed E-state index contributed by atoms with van der Waals surface area (Å²) in [5.74, 6) is -0.198. The maximum Gasteiger partial charge on any atom is 0.323 e. The molecule has 2 aromatic rings. The molecule has 0 bridgehead atoms. The van der Waals surface area contributed by atoms with Crippen molar-refractivity contribution in [1.82, 2.24) is 5.32 Å². The van der Waals surface area contributed by atoms with Crippen molar-refractivity contribution in [3.63, 3.8) is 0 Å². The SMILES string of the molecule is COc1cc(CNCc2ccccc2)ccc1N(C)CC(=O)O. The van der Waals surface area contributed by atoms with Gasteiger partial charge in [-0.25, -0.2) is 0 Å². The molecular weight excluding hydrogens is 292 g/mol. The van der Waals surface area contributed by atoms with Gasteiger partial charge in [0, 0.05) is 20.1 Å². The van der Waals surface area contributed by atoms with Crippen molar-refractivity contribution in [2.45, 2.75) is 13.1 Å². The van der Waals surface area contributed by atoms with Gasteiger partial charge in [-0.05, 0) is 23.3 Å². The lowest BCUT2D eigenvalue weighted by atomic mass is 10.1. The Labute approximate surface area is 136 Å². The number of nitrogens with one attached hydrogen (secondary N) is 1. The number of nitrogens with zero attached hydrogens (tertiary/aromatic N) is 1. The first kappa shape index (κ1) is 16.8. The van der Waals surface area contributed by atoms with Crippen LogP contribution in [0.3, 0.4) is 0 Å². The fraction of sp³-hybridized carbons (Fsp3) is 0.278. The molecule has 2 rings (SSSR count). The van der Waals surface area contributed by atoms with Gasteiger partial charge in [-0.15, -0.1) is 0 Å². The van der Waals surface area contributed by atoms with E-state index in [4.69, 9.17) is 9.84 Å². The van der Waals surface area contributed by atoms with Gasteiger partial charge in [0.15, 0.2) is 0 Å². The number of aliphatic carboxylic acids is 1. The topological polar surface area (TPSA) is 61.8 Å². The predicted molar refractivity (Wildman–Crippen MR) is 90.9 cm³/mol. The Morgan fingerprint density at radius 2 is 1.83 bits per heavy atom. The van der Waals surface area contributed by atoms with Crippen molar-refractivity contribution in [3.8, 4) is 5.75 Å². The van der Waals surface area contributed by atoms with Crippen molar-refractivity contribution in [3.05, 3.63) is 59.7 Å². The summed E-state index contributed by atoms with van der Waals surface area (Å²) in [5.41, 5.74) is 3.09. The summed E-state index contributed by atoms with van der Waals surface area (Å²) < 4.78 is 5.39. The van der Waals surface area contributed by atoms with E-state index in [0.717, 1.165) is 17.8 Å². The number of hydrogen-bond donors (Lipinski definition) is 2. The monoisotopic (exact) mass is 314 g/mol. The lowest BCUT2D eigenvalue weighted by Crippen LogP contribution is -2.25. The number of rotatable bonds is 8. The molecule has 0 aliphatic carbocycles. The number of carboxylic acids is 1. The average Bonchev–Trinajstić information content (AvgIpc) is 2.55. The van der Waals surface area contributed by atoms with Crippen LogP contribution in [0.5, 0.6) is 5.75 Å². The van der Waals surface area contributed by atoms with E-state index in [-0.39, 0.29) is 6.54 Å². The number of anilines is 1. The second-order valence-corrected chi connectivity index (χ2v) is 5.35. The zero-order valence-corrected chi connectivity index (χ0v) is 13.5. The summed E-state index contributed by atoms with van der Waals surface area (Å²) in [6, 6.07) is 16.0. The van der Waals surface area contributed by atoms with Crippen LogP contribution in [0, 0.1) is 0 Å². The molecule has 0 spiro atoms. The number of carboxylic acid groups (broad SMARTS) is 1. The van der Waals surface area contributed by atoms with Crippen molar-refractivity contribution < 1.29 is 14.6 Å². The van der Waals surface area contributed by atoms with Gasteiger partial charge >= 0.3 is 5.97 Å². The van der Waals surface area contributed by atoms with E-state index in [1.54, 1.807) is 19.1 Å². The number of likely N-dealkylation sites (N-methyl/N-ethyl adjacent to an activating group) is 1. The molecule has 0 heterocycles. The summed E-state index contributed by atoms with van der Waals surface area (Å²) in [5, 5.41) is 12.3. The largest absolute Gasteiger partial charge is 0.495 e. The fourth-order valence-electron chi connectivity index (χ4n) is 2.38. The van der Waals surface area contributed by atoms with E-state index in [0.29, 0.717) is 12.3 Å². The minimum absolute atomic E-state index is 0.0675. The van der Waals surface area contributed by atoms with Crippen LogP contribution >= 0.6 is 0 Å². The van der Waals surface area contributed by atoms with Crippen LogP contribution in [0.2, 0.25) is 0 Å². The molecule has 2 aromatic carbocycles. The van der Waals surface area contributed by atoms with Crippen molar-refractivity contribution in [2.24, 2.45) is 0 Å². The lowest BCUT2D eigenvalue weighted by Gasteiger charge is -2.20. The molecule has 0 radical (unpaired) electrons. The van der Waals surface area contributed by atoms with Crippen LogP contribution in [-0.2, 0) is 17.9 Å². The van der Waals surface area contributed by atoms with Crippen LogP contribution in [0.1, 0.15) is 11.1 Å². The van der Waals surface area contributed by atoms with Crippen LogP contribution in [-0.4, -0.2) is 31.8 Å². The van der Waals surface area contributed by atoms with Crippen LogP contribution < -0.4 is 15.0 Å². The third-order valence-electron chi connectivity index (χ3n) is 3.53. The normalized spacial score (nSPS) is 10.3. The number of benzene rings is 2. The van der Waals surface area contributed by atoms with Gasteiger partial charge in [0.1, 0.15) is 12.3 Å². The van der Waals surface area contributed by atoms with Gasteiger partial charge in [0.05, 0.1) is 12.8 Å². The average molecular weight is 314 g/mol. The molecule has 0 aromatic heterocycles. The number of carbonyl (C=O) groups is 1. The van der Waals surface area contributed by atoms with Gasteiger partial charge in [0.25, 0.3) is 0 Å². The van der Waals surface area contributed by atoms with Gasteiger partial charge in [0.2, 0.25) is 0 Å². The molecule has 5 heteroatoms. The Balaban J connectivity index is 1.99. The van der Waals surface area contributed by atoms with Crippen LogP contribution in [0.25, 0.3) is 0 Å². The summed E-state index contributed by atoms with van der Waals surface area (Å²) in [7, 11) is 3.33. The minimum atomic E-state index is -0.872. The zero-order valence-electron chi connectivity index (χ0n) is 13.5. The van der Waals surface area contributed by atoms with E-state index < -0.39 is 5.97 Å². The second kappa shape index (κ2) is 8.19. The molecule has 0 saturated heterocycles. The molecule has 0 aliphatic rings. The van der Waals surface area contributed by atoms with Crippen molar-refractivity contribution in [2.75, 3.05) is 25.6 Å². The zero-order chi connectivity index (χ0) is 16.7. The van der Waals surface area contributed by atoms with Crippen LogP contribution in [0.4, 0.5) is 5.69 Å². The fourth-order valence-corrected chi connectivity index (χ4v) is 2.38.